The van der Waals surface area contributed by atoms with Gasteiger partial charge in [0.15, 0.2) is 5.82 Å². The average molecular weight is 320 g/mol. The number of aromatic nitrogens is 2. The zero-order valence-electron chi connectivity index (χ0n) is 14.0. The molecule has 0 radical (unpaired) electrons. The highest BCUT2D eigenvalue weighted by Crippen LogP contribution is 2.47. The van der Waals surface area contributed by atoms with E-state index in [2.05, 4.69) is 10.1 Å². The molecule has 0 bridgehead atoms. The highest BCUT2D eigenvalue weighted by molar-refractivity contribution is 5.85. The third kappa shape index (κ3) is 3.09. The number of aryl methyl sites for hydroxylation is 1. The summed E-state index contributed by atoms with van der Waals surface area (Å²) < 4.78 is 5.32. The lowest BCUT2D eigenvalue weighted by molar-refractivity contribution is -0.139. The van der Waals surface area contributed by atoms with E-state index in [0.29, 0.717) is 37.8 Å². The van der Waals surface area contributed by atoms with E-state index >= 15 is 0 Å². The van der Waals surface area contributed by atoms with E-state index in [9.17, 15) is 9.59 Å². The maximum absolute atomic E-state index is 12.7. The van der Waals surface area contributed by atoms with E-state index in [1.165, 1.54) is 0 Å². The van der Waals surface area contributed by atoms with Gasteiger partial charge in [0.1, 0.15) is 6.04 Å². The molecular weight excluding hydrogens is 296 g/mol. The normalized spacial score (nSPS) is 23.5. The van der Waals surface area contributed by atoms with Crippen LogP contribution in [-0.4, -0.2) is 51.4 Å². The summed E-state index contributed by atoms with van der Waals surface area (Å²) in [5.74, 6) is 1.20. The third-order valence-corrected chi connectivity index (χ3v) is 4.85. The predicted octanol–water partition coefficient (Wildman–Crippen LogP) is 1.69. The first-order valence-electron chi connectivity index (χ1n) is 8.33. The van der Waals surface area contributed by atoms with E-state index in [0.717, 1.165) is 19.3 Å². The number of carbonyl (C=O) groups is 2. The van der Waals surface area contributed by atoms with Gasteiger partial charge in [-0.1, -0.05) is 19.0 Å². The molecule has 2 aliphatic rings. The Morgan fingerprint density at radius 1 is 1.35 bits per heavy atom. The Kier molecular flexibility index (Phi) is 4.12. The predicted molar refractivity (Wildman–Crippen MR) is 82.3 cm³/mol. The van der Waals surface area contributed by atoms with Crippen LogP contribution in [0.4, 0.5) is 0 Å². The van der Waals surface area contributed by atoms with Crippen LogP contribution < -0.4 is 0 Å². The molecule has 126 valence electrons. The fourth-order valence-corrected chi connectivity index (χ4v) is 3.12. The van der Waals surface area contributed by atoms with Gasteiger partial charge < -0.3 is 14.3 Å². The maximum atomic E-state index is 12.7. The Morgan fingerprint density at radius 3 is 2.65 bits per heavy atom. The van der Waals surface area contributed by atoms with Gasteiger partial charge in [-0.3, -0.25) is 9.59 Å². The van der Waals surface area contributed by atoms with Crippen molar-refractivity contribution < 1.29 is 14.1 Å². The van der Waals surface area contributed by atoms with E-state index in [-0.39, 0.29) is 23.3 Å². The average Bonchev–Trinajstić information content (AvgIpc) is 3.22. The molecule has 1 aliphatic heterocycles. The molecule has 0 N–H and O–H groups in total. The zero-order valence-corrected chi connectivity index (χ0v) is 14.0. The van der Waals surface area contributed by atoms with E-state index in [1.807, 2.05) is 18.7 Å². The molecule has 1 saturated carbocycles. The van der Waals surface area contributed by atoms with Crippen LogP contribution in [0.5, 0.6) is 0 Å². The first-order chi connectivity index (χ1) is 10.9. The quantitative estimate of drug-likeness (QED) is 0.847. The second-order valence-corrected chi connectivity index (χ2v) is 6.80. The van der Waals surface area contributed by atoms with Crippen LogP contribution in [0.2, 0.25) is 0 Å². The van der Waals surface area contributed by atoms with Crippen LogP contribution in [0.3, 0.4) is 0 Å². The summed E-state index contributed by atoms with van der Waals surface area (Å²) >= 11 is 0. The molecule has 23 heavy (non-hydrogen) atoms. The molecule has 1 saturated heterocycles. The summed E-state index contributed by atoms with van der Waals surface area (Å²) in [7, 11) is 0. The Balaban J connectivity index is 1.87. The number of carbonyl (C=O) groups excluding carboxylic acids is 2. The lowest BCUT2D eigenvalue weighted by Crippen LogP contribution is -2.42. The summed E-state index contributed by atoms with van der Waals surface area (Å²) in [5.41, 5.74) is -0.209. The van der Waals surface area contributed by atoms with Crippen LogP contribution in [0, 0.1) is 12.3 Å². The van der Waals surface area contributed by atoms with Crippen molar-refractivity contribution >= 4 is 11.8 Å². The topological polar surface area (TPSA) is 79.5 Å². The minimum Gasteiger partial charge on any atom is -0.340 e. The van der Waals surface area contributed by atoms with Crippen molar-refractivity contribution in [2.24, 2.45) is 5.41 Å². The highest BCUT2D eigenvalue weighted by Gasteiger charge is 2.48. The molecular formula is C16H24N4O3. The molecule has 2 heterocycles. The summed E-state index contributed by atoms with van der Waals surface area (Å²) in [6.07, 6.45) is 3.10. The van der Waals surface area contributed by atoms with Crippen molar-refractivity contribution in [1.29, 1.82) is 0 Å². The Labute approximate surface area is 136 Å². The van der Waals surface area contributed by atoms with Crippen molar-refractivity contribution in [3.63, 3.8) is 0 Å². The lowest BCUT2D eigenvalue weighted by Gasteiger charge is -2.30. The molecule has 7 nitrogen and oxygen atoms in total. The molecule has 7 heteroatoms. The van der Waals surface area contributed by atoms with Gasteiger partial charge >= 0.3 is 0 Å². The van der Waals surface area contributed by atoms with E-state index in [1.54, 1.807) is 11.8 Å². The van der Waals surface area contributed by atoms with Gasteiger partial charge in [-0.25, -0.2) is 0 Å². The Morgan fingerprint density at radius 2 is 2.09 bits per heavy atom. The van der Waals surface area contributed by atoms with Gasteiger partial charge in [-0.15, -0.1) is 0 Å². The van der Waals surface area contributed by atoms with Crippen LogP contribution in [0.15, 0.2) is 4.52 Å². The minimum absolute atomic E-state index is 0.0535. The first kappa shape index (κ1) is 16.0. The van der Waals surface area contributed by atoms with Crippen LogP contribution in [0.1, 0.15) is 57.3 Å². The van der Waals surface area contributed by atoms with Crippen molar-refractivity contribution in [3.8, 4) is 0 Å². The lowest BCUT2D eigenvalue weighted by atomic mass is 10.1. The van der Waals surface area contributed by atoms with Crippen molar-refractivity contribution in [3.05, 3.63) is 11.7 Å². The summed E-state index contributed by atoms with van der Waals surface area (Å²) in [5, 5.41) is 3.85. The highest BCUT2D eigenvalue weighted by atomic mass is 16.5. The van der Waals surface area contributed by atoms with E-state index < -0.39 is 0 Å². The van der Waals surface area contributed by atoms with Crippen molar-refractivity contribution in [1.82, 2.24) is 19.9 Å². The molecule has 1 aromatic heterocycles. The molecule has 0 aromatic carbocycles. The zero-order chi connectivity index (χ0) is 16.6. The minimum atomic E-state index is -0.350. The number of hydrogen-bond donors (Lipinski definition) is 0. The van der Waals surface area contributed by atoms with Gasteiger partial charge in [-0.05, 0) is 26.2 Å². The Hall–Kier alpha value is -1.92. The van der Waals surface area contributed by atoms with Gasteiger partial charge in [0, 0.05) is 24.9 Å². The SMILES string of the molecule is CCC(=O)N1CCCN(C(=O)C2(C)CC2)CC1c1nc(C)no1. The fraction of sp³-hybridized carbons (Fsp3) is 0.750. The fourth-order valence-electron chi connectivity index (χ4n) is 3.12. The van der Waals surface area contributed by atoms with Crippen molar-refractivity contribution in [2.75, 3.05) is 19.6 Å². The molecule has 2 amide bonds. The second kappa shape index (κ2) is 5.94. The van der Waals surface area contributed by atoms with Crippen LogP contribution >= 0.6 is 0 Å². The first-order valence-corrected chi connectivity index (χ1v) is 8.33. The molecule has 1 aromatic rings. The molecule has 0 spiro atoms. The molecule has 1 atom stereocenters. The number of amides is 2. The van der Waals surface area contributed by atoms with Gasteiger partial charge in [-0.2, -0.15) is 4.98 Å². The van der Waals surface area contributed by atoms with Crippen LogP contribution in [0.25, 0.3) is 0 Å². The monoisotopic (exact) mass is 320 g/mol. The smallest absolute Gasteiger partial charge is 0.251 e. The Bertz CT molecular complexity index is 608. The van der Waals surface area contributed by atoms with Gasteiger partial charge in [0.05, 0.1) is 6.54 Å². The van der Waals surface area contributed by atoms with Gasteiger partial charge in [0.25, 0.3) is 5.89 Å². The molecule has 2 fully saturated rings. The third-order valence-electron chi connectivity index (χ3n) is 4.85. The molecule has 3 rings (SSSR count). The molecule has 1 aliphatic carbocycles. The van der Waals surface area contributed by atoms with Crippen molar-refractivity contribution in [2.45, 2.75) is 52.5 Å². The largest absolute Gasteiger partial charge is 0.340 e. The second-order valence-electron chi connectivity index (χ2n) is 6.80. The maximum Gasteiger partial charge on any atom is 0.251 e. The van der Waals surface area contributed by atoms with E-state index in [4.69, 9.17) is 4.52 Å². The summed E-state index contributed by atoms with van der Waals surface area (Å²) in [6, 6.07) is -0.350. The molecule has 1 unspecified atom stereocenters. The summed E-state index contributed by atoms with van der Waals surface area (Å²) in [4.78, 5) is 33.0. The number of rotatable bonds is 3. The number of nitrogens with zero attached hydrogens (tertiary/aromatic N) is 4. The standard InChI is InChI=1S/C16H24N4O3/c1-4-13(21)20-9-5-8-19(15(22)16(3)6-7-16)10-12(20)14-17-11(2)18-23-14/h12H,4-10H2,1-3H3. The number of hydrogen-bond acceptors (Lipinski definition) is 5. The van der Waals surface area contributed by atoms with Crippen LogP contribution in [-0.2, 0) is 9.59 Å². The summed E-state index contributed by atoms with van der Waals surface area (Å²) in [6.45, 7) is 7.33. The van der Waals surface area contributed by atoms with Gasteiger partial charge in [0.2, 0.25) is 11.8 Å².